The van der Waals surface area contributed by atoms with Gasteiger partial charge in [-0.25, -0.2) is 0 Å². The molecule has 0 saturated carbocycles. The van der Waals surface area contributed by atoms with Gasteiger partial charge in [-0.2, -0.15) is 0 Å². The molecule has 1 aliphatic rings. The molecule has 0 aromatic heterocycles. The van der Waals surface area contributed by atoms with Crippen molar-refractivity contribution in [3.63, 3.8) is 0 Å². The van der Waals surface area contributed by atoms with Gasteiger partial charge in [0, 0.05) is 31.0 Å². The Balaban J connectivity index is 1.66. The number of hydrogen-bond donors (Lipinski definition) is 2. The number of ketones is 1. The Morgan fingerprint density at radius 3 is 2.90 bits per heavy atom. The van der Waals surface area contributed by atoms with E-state index < -0.39 is 0 Å². The second-order valence-corrected chi connectivity index (χ2v) is 5.25. The Kier molecular flexibility index (Phi) is 3.42. The molecule has 0 fully saturated rings. The fourth-order valence-corrected chi connectivity index (χ4v) is 2.78. The van der Waals surface area contributed by atoms with Gasteiger partial charge in [-0.05, 0) is 29.3 Å². The van der Waals surface area contributed by atoms with E-state index in [1.807, 2.05) is 18.2 Å². The Morgan fingerprint density at radius 1 is 1.20 bits per heavy atom. The van der Waals surface area contributed by atoms with Gasteiger partial charge in [0.05, 0.1) is 0 Å². The van der Waals surface area contributed by atoms with Gasteiger partial charge in [-0.15, -0.1) is 0 Å². The fraction of sp³-hybridized carbons (Fsp3) is 0.235. The summed E-state index contributed by atoms with van der Waals surface area (Å²) in [4.78, 5) is 12.2. The highest BCUT2D eigenvalue weighted by atomic mass is 16.3. The van der Waals surface area contributed by atoms with Crippen molar-refractivity contribution in [1.29, 1.82) is 0 Å². The Hall–Kier alpha value is -2.29. The van der Waals surface area contributed by atoms with Crippen molar-refractivity contribution < 1.29 is 9.90 Å². The molecule has 3 heteroatoms. The summed E-state index contributed by atoms with van der Waals surface area (Å²) in [5.74, 6) is 0.679. The van der Waals surface area contributed by atoms with Gasteiger partial charge in [-0.1, -0.05) is 30.3 Å². The van der Waals surface area contributed by atoms with Crippen molar-refractivity contribution >= 4 is 11.5 Å². The van der Waals surface area contributed by atoms with E-state index in [1.54, 1.807) is 18.2 Å². The quantitative estimate of drug-likeness (QED) is 0.895. The minimum absolute atomic E-state index is 0.208. The third-order valence-electron chi connectivity index (χ3n) is 3.73. The second-order valence-electron chi connectivity index (χ2n) is 5.25. The molecule has 2 aromatic rings. The van der Waals surface area contributed by atoms with E-state index in [0.717, 1.165) is 17.8 Å². The van der Waals surface area contributed by atoms with E-state index in [-0.39, 0.29) is 17.5 Å². The van der Waals surface area contributed by atoms with E-state index >= 15 is 0 Å². The molecular weight excluding hydrogens is 250 g/mol. The molecule has 2 N–H and O–H groups in total. The lowest BCUT2D eigenvalue weighted by Gasteiger charge is -2.09. The molecule has 20 heavy (non-hydrogen) atoms. The standard InChI is InChI=1S/C17H17NO2/c19-14-5-3-4-12(8-14)9-15(20)10-13-11-18-17-7-2-1-6-16(13)17/h1-8,13,18-19H,9-11H2. The number of anilines is 1. The van der Waals surface area contributed by atoms with Gasteiger partial charge in [0.25, 0.3) is 0 Å². The number of rotatable bonds is 4. The number of aromatic hydroxyl groups is 1. The lowest BCUT2D eigenvalue weighted by Crippen LogP contribution is -2.11. The van der Waals surface area contributed by atoms with Crippen LogP contribution in [-0.2, 0) is 11.2 Å². The van der Waals surface area contributed by atoms with E-state index in [0.29, 0.717) is 12.8 Å². The van der Waals surface area contributed by atoms with Gasteiger partial charge in [-0.3, -0.25) is 4.79 Å². The molecule has 3 nitrogen and oxygen atoms in total. The van der Waals surface area contributed by atoms with Crippen LogP contribution in [0.15, 0.2) is 48.5 Å². The average molecular weight is 267 g/mol. The smallest absolute Gasteiger partial charge is 0.137 e. The van der Waals surface area contributed by atoms with Crippen LogP contribution >= 0.6 is 0 Å². The molecule has 0 spiro atoms. The molecule has 2 aromatic carbocycles. The zero-order chi connectivity index (χ0) is 13.9. The normalized spacial score (nSPS) is 16.5. The number of benzene rings is 2. The SMILES string of the molecule is O=C(Cc1cccc(O)c1)CC1CNc2ccccc21. The number of phenolic OH excluding ortho intramolecular Hbond substituents is 1. The van der Waals surface area contributed by atoms with Crippen LogP contribution in [0.1, 0.15) is 23.5 Å². The van der Waals surface area contributed by atoms with Crippen LogP contribution in [0.5, 0.6) is 5.75 Å². The number of phenols is 1. The van der Waals surface area contributed by atoms with Crippen LogP contribution in [0.3, 0.4) is 0 Å². The minimum atomic E-state index is 0.208. The van der Waals surface area contributed by atoms with Crippen molar-refractivity contribution in [3.8, 4) is 5.75 Å². The highest BCUT2D eigenvalue weighted by molar-refractivity contribution is 5.82. The molecule has 0 aliphatic carbocycles. The maximum atomic E-state index is 12.2. The first-order chi connectivity index (χ1) is 9.72. The Morgan fingerprint density at radius 2 is 2.05 bits per heavy atom. The molecular formula is C17H17NO2. The van der Waals surface area contributed by atoms with Crippen LogP contribution in [0, 0.1) is 0 Å². The molecule has 0 bridgehead atoms. The van der Waals surface area contributed by atoms with E-state index in [2.05, 4.69) is 17.4 Å². The van der Waals surface area contributed by atoms with Crippen molar-refractivity contribution in [2.75, 3.05) is 11.9 Å². The summed E-state index contributed by atoms with van der Waals surface area (Å²) in [6, 6.07) is 15.1. The molecule has 0 amide bonds. The molecule has 3 rings (SSSR count). The van der Waals surface area contributed by atoms with Crippen LogP contribution < -0.4 is 5.32 Å². The number of carbonyl (C=O) groups is 1. The van der Waals surface area contributed by atoms with Crippen molar-refractivity contribution in [2.24, 2.45) is 0 Å². The molecule has 1 aliphatic heterocycles. The summed E-state index contributed by atoms with van der Waals surface area (Å²) in [5.41, 5.74) is 3.24. The van der Waals surface area contributed by atoms with Crippen molar-refractivity contribution in [1.82, 2.24) is 0 Å². The van der Waals surface area contributed by atoms with E-state index in [1.165, 1.54) is 5.56 Å². The Labute approximate surface area is 118 Å². The first kappa shape index (κ1) is 12.7. The number of hydrogen-bond acceptors (Lipinski definition) is 3. The van der Waals surface area contributed by atoms with Gasteiger partial charge in [0.2, 0.25) is 0 Å². The minimum Gasteiger partial charge on any atom is -0.508 e. The maximum absolute atomic E-state index is 12.2. The first-order valence-corrected chi connectivity index (χ1v) is 6.85. The zero-order valence-electron chi connectivity index (χ0n) is 11.2. The van der Waals surface area contributed by atoms with Crippen LogP contribution in [0.25, 0.3) is 0 Å². The van der Waals surface area contributed by atoms with Crippen LogP contribution in [0.4, 0.5) is 5.69 Å². The number of carbonyl (C=O) groups excluding carboxylic acids is 1. The summed E-state index contributed by atoms with van der Waals surface area (Å²) < 4.78 is 0. The van der Waals surface area contributed by atoms with E-state index in [4.69, 9.17) is 0 Å². The van der Waals surface area contributed by atoms with Gasteiger partial charge in [0.15, 0.2) is 0 Å². The third-order valence-corrected chi connectivity index (χ3v) is 3.73. The predicted octanol–water partition coefficient (Wildman–Crippen LogP) is 3.10. The lowest BCUT2D eigenvalue weighted by atomic mass is 9.93. The number of Topliss-reactive ketones (excluding diaryl/α,β-unsaturated/α-hetero) is 1. The summed E-state index contributed by atoms with van der Waals surface area (Å²) in [5, 5.41) is 12.8. The predicted molar refractivity (Wildman–Crippen MR) is 79.1 cm³/mol. The summed E-state index contributed by atoms with van der Waals surface area (Å²) in [6.45, 7) is 0.825. The summed E-state index contributed by atoms with van der Waals surface area (Å²) in [6.07, 6.45) is 0.923. The van der Waals surface area contributed by atoms with Crippen molar-refractivity contribution in [3.05, 3.63) is 59.7 Å². The molecule has 0 saturated heterocycles. The zero-order valence-corrected chi connectivity index (χ0v) is 11.2. The van der Waals surface area contributed by atoms with Gasteiger partial charge < -0.3 is 10.4 Å². The highest BCUT2D eigenvalue weighted by Crippen LogP contribution is 2.33. The molecule has 1 unspecified atom stereocenters. The monoisotopic (exact) mass is 267 g/mol. The van der Waals surface area contributed by atoms with Gasteiger partial charge >= 0.3 is 0 Å². The maximum Gasteiger partial charge on any atom is 0.137 e. The molecule has 1 heterocycles. The number of para-hydroxylation sites is 1. The molecule has 0 radical (unpaired) electrons. The van der Waals surface area contributed by atoms with Crippen LogP contribution in [-0.4, -0.2) is 17.4 Å². The largest absolute Gasteiger partial charge is 0.508 e. The Bertz CT molecular complexity index is 636. The van der Waals surface area contributed by atoms with E-state index in [9.17, 15) is 9.90 Å². The molecule has 1 atom stereocenters. The lowest BCUT2D eigenvalue weighted by molar-refractivity contribution is -0.118. The number of fused-ring (bicyclic) bond motifs is 1. The summed E-state index contributed by atoms with van der Waals surface area (Å²) in [7, 11) is 0. The first-order valence-electron chi connectivity index (χ1n) is 6.85. The van der Waals surface area contributed by atoms with Crippen LogP contribution in [0.2, 0.25) is 0 Å². The summed E-state index contributed by atoms with van der Waals surface area (Å²) >= 11 is 0. The topological polar surface area (TPSA) is 49.3 Å². The number of nitrogens with one attached hydrogen (secondary N) is 1. The second kappa shape index (κ2) is 5.37. The van der Waals surface area contributed by atoms with Gasteiger partial charge in [0.1, 0.15) is 11.5 Å². The fourth-order valence-electron chi connectivity index (χ4n) is 2.78. The molecule has 102 valence electrons. The highest BCUT2D eigenvalue weighted by Gasteiger charge is 2.23. The average Bonchev–Trinajstić information content (AvgIpc) is 2.82. The third kappa shape index (κ3) is 2.67. The van der Waals surface area contributed by atoms with Crippen molar-refractivity contribution in [2.45, 2.75) is 18.8 Å².